The highest BCUT2D eigenvalue weighted by molar-refractivity contribution is 5.86. The second kappa shape index (κ2) is 5.55. The Kier molecular flexibility index (Phi) is 4.25. The maximum absolute atomic E-state index is 12.4. The number of carbonyl (C=O) groups excluding carboxylic acids is 1. The number of likely N-dealkylation sites (tertiary alicyclic amines) is 1. The van der Waals surface area contributed by atoms with Crippen molar-refractivity contribution in [2.45, 2.75) is 24.8 Å². The van der Waals surface area contributed by atoms with Gasteiger partial charge in [0, 0.05) is 26.2 Å². The lowest BCUT2D eigenvalue weighted by Gasteiger charge is -2.36. The Labute approximate surface area is 109 Å². The van der Waals surface area contributed by atoms with E-state index in [1.165, 1.54) is 0 Å². The Morgan fingerprint density at radius 1 is 1.44 bits per heavy atom. The van der Waals surface area contributed by atoms with Crippen molar-refractivity contribution < 1.29 is 9.53 Å². The molecule has 0 radical (unpaired) electrons. The summed E-state index contributed by atoms with van der Waals surface area (Å²) in [5.41, 5.74) is 5.37. The summed E-state index contributed by atoms with van der Waals surface area (Å²) < 4.78 is 5.27. The molecule has 5 nitrogen and oxygen atoms in total. The van der Waals surface area contributed by atoms with Crippen molar-refractivity contribution in [3.8, 4) is 0 Å². The van der Waals surface area contributed by atoms with Gasteiger partial charge in [-0.1, -0.05) is 0 Å². The molecule has 0 spiro atoms. The molecule has 0 aromatic carbocycles. The second-order valence-corrected chi connectivity index (χ2v) is 5.96. The highest BCUT2D eigenvalue weighted by Crippen LogP contribution is 2.23. The lowest BCUT2D eigenvalue weighted by Crippen LogP contribution is -2.57. The van der Waals surface area contributed by atoms with E-state index in [-0.39, 0.29) is 5.91 Å². The first-order chi connectivity index (χ1) is 8.51. The van der Waals surface area contributed by atoms with E-state index in [9.17, 15) is 4.79 Å². The normalized spacial score (nSPS) is 30.1. The summed E-state index contributed by atoms with van der Waals surface area (Å²) in [7, 11) is 4.20. The van der Waals surface area contributed by atoms with Crippen LogP contribution in [0.15, 0.2) is 0 Å². The highest BCUT2D eigenvalue weighted by Gasteiger charge is 2.41. The van der Waals surface area contributed by atoms with Crippen LogP contribution in [0, 0.1) is 5.92 Å². The lowest BCUT2D eigenvalue weighted by atomic mass is 9.93. The molecule has 2 heterocycles. The molecule has 5 heteroatoms. The standard InChI is InChI=1S/C13H25N3O2/c1-15(2)9-11-3-6-16(7-4-11)12(17)13(14)5-8-18-10-13/h11H,3-10,14H2,1-2H3. The van der Waals surface area contributed by atoms with E-state index in [0.29, 0.717) is 25.6 Å². The first-order valence-corrected chi connectivity index (χ1v) is 6.82. The number of nitrogens with zero attached hydrogens (tertiary/aromatic N) is 2. The van der Waals surface area contributed by atoms with Gasteiger partial charge in [-0.05, 0) is 39.3 Å². The summed E-state index contributed by atoms with van der Waals surface area (Å²) in [5, 5.41) is 0. The van der Waals surface area contributed by atoms with E-state index in [0.717, 1.165) is 32.5 Å². The first-order valence-electron chi connectivity index (χ1n) is 6.82. The van der Waals surface area contributed by atoms with Crippen LogP contribution >= 0.6 is 0 Å². The third-order valence-electron chi connectivity index (χ3n) is 4.00. The minimum atomic E-state index is -0.756. The van der Waals surface area contributed by atoms with Crippen molar-refractivity contribution in [1.29, 1.82) is 0 Å². The Morgan fingerprint density at radius 2 is 2.11 bits per heavy atom. The quantitative estimate of drug-likeness (QED) is 0.765. The highest BCUT2D eigenvalue weighted by atomic mass is 16.5. The van der Waals surface area contributed by atoms with Gasteiger partial charge in [-0.25, -0.2) is 0 Å². The Morgan fingerprint density at radius 3 is 2.61 bits per heavy atom. The molecule has 0 aliphatic carbocycles. The number of piperidine rings is 1. The number of nitrogens with two attached hydrogens (primary N) is 1. The monoisotopic (exact) mass is 255 g/mol. The smallest absolute Gasteiger partial charge is 0.245 e. The zero-order valence-corrected chi connectivity index (χ0v) is 11.5. The average molecular weight is 255 g/mol. The molecule has 2 aliphatic heterocycles. The van der Waals surface area contributed by atoms with Crippen LogP contribution in [0.1, 0.15) is 19.3 Å². The molecule has 2 saturated heterocycles. The van der Waals surface area contributed by atoms with Crippen LogP contribution in [-0.2, 0) is 9.53 Å². The number of ether oxygens (including phenoxy) is 1. The Balaban J connectivity index is 1.84. The third-order valence-corrected chi connectivity index (χ3v) is 4.00. The fraction of sp³-hybridized carbons (Fsp3) is 0.923. The maximum Gasteiger partial charge on any atom is 0.245 e. The molecular formula is C13H25N3O2. The average Bonchev–Trinajstić information content (AvgIpc) is 2.77. The molecule has 0 aromatic rings. The first kappa shape index (κ1) is 13.8. The van der Waals surface area contributed by atoms with Gasteiger partial charge in [-0.15, -0.1) is 0 Å². The van der Waals surface area contributed by atoms with Crippen LogP contribution in [0.3, 0.4) is 0 Å². The van der Waals surface area contributed by atoms with Crippen molar-refractivity contribution in [3.05, 3.63) is 0 Å². The molecule has 1 atom stereocenters. The van der Waals surface area contributed by atoms with Gasteiger partial charge < -0.3 is 20.3 Å². The predicted octanol–water partition coefficient (Wildman–Crippen LogP) is -0.0956. The molecule has 104 valence electrons. The minimum absolute atomic E-state index is 0.0864. The van der Waals surface area contributed by atoms with Gasteiger partial charge in [0.05, 0.1) is 6.61 Å². The van der Waals surface area contributed by atoms with E-state index in [1.54, 1.807) is 0 Å². The van der Waals surface area contributed by atoms with Crippen molar-refractivity contribution in [3.63, 3.8) is 0 Å². The van der Waals surface area contributed by atoms with Crippen LogP contribution in [-0.4, -0.2) is 68.2 Å². The van der Waals surface area contributed by atoms with Crippen LogP contribution in [0.2, 0.25) is 0 Å². The lowest BCUT2D eigenvalue weighted by molar-refractivity contribution is -0.138. The summed E-state index contributed by atoms with van der Waals surface area (Å²) >= 11 is 0. The van der Waals surface area contributed by atoms with E-state index in [1.807, 2.05) is 4.90 Å². The summed E-state index contributed by atoms with van der Waals surface area (Å²) in [5.74, 6) is 0.793. The summed E-state index contributed by atoms with van der Waals surface area (Å²) in [6.45, 7) is 3.79. The number of hydrogen-bond acceptors (Lipinski definition) is 4. The molecule has 0 bridgehead atoms. The largest absolute Gasteiger partial charge is 0.379 e. The van der Waals surface area contributed by atoms with Gasteiger partial charge in [0.25, 0.3) is 0 Å². The molecule has 2 fully saturated rings. The van der Waals surface area contributed by atoms with Crippen LogP contribution in [0.25, 0.3) is 0 Å². The van der Waals surface area contributed by atoms with Crippen molar-refractivity contribution in [1.82, 2.24) is 9.80 Å². The summed E-state index contributed by atoms with van der Waals surface area (Å²) in [6.07, 6.45) is 2.82. The van der Waals surface area contributed by atoms with Gasteiger partial charge in [0.2, 0.25) is 5.91 Å². The predicted molar refractivity (Wildman–Crippen MR) is 70.2 cm³/mol. The zero-order valence-electron chi connectivity index (χ0n) is 11.5. The molecule has 2 rings (SSSR count). The van der Waals surface area contributed by atoms with Gasteiger partial charge in [-0.2, -0.15) is 0 Å². The fourth-order valence-corrected chi connectivity index (χ4v) is 2.90. The number of amides is 1. The van der Waals surface area contributed by atoms with Crippen LogP contribution < -0.4 is 5.73 Å². The fourth-order valence-electron chi connectivity index (χ4n) is 2.90. The van der Waals surface area contributed by atoms with E-state index >= 15 is 0 Å². The van der Waals surface area contributed by atoms with Gasteiger partial charge in [0.1, 0.15) is 5.54 Å². The number of hydrogen-bond donors (Lipinski definition) is 1. The molecule has 0 aromatic heterocycles. The summed E-state index contributed by atoms with van der Waals surface area (Å²) in [6, 6.07) is 0. The molecule has 1 amide bonds. The number of rotatable bonds is 3. The SMILES string of the molecule is CN(C)CC1CCN(C(=O)C2(N)CCOC2)CC1. The van der Waals surface area contributed by atoms with E-state index in [2.05, 4.69) is 19.0 Å². The Hall–Kier alpha value is -0.650. The Bertz CT molecular complexity index is 293. The van der Waals surface area contributed by atoms with Crippen LogP contribution in [0.5, 0.6) is 0 Å². The van der Waals surface area contributed by atoms with Crippen LogP contribution in [0.4, 0.5) is 0 Å². The minimum Gasteiger partial charge on any atom is -0.379 e. The van der Waals surface area contributed by atoms with Gasteiger partial charge in [0.15, 0.2) is 0 Å². The molecule has 18 heavy (non-hydrogen) atoms. The van der Waals surface area contributed by atoms with E-state index in [4.69, 9.17) is 10.5 Å². The van der Waals surface area contributed by atoms with Gasteiger partial charge in [-0.3, -0.25) is 4.79 Å². The van der Waals surface area contributed by atoms with Crippen molar-refractivity contribution in [2.24, 2.45) is 11.7 Å². The van der Waals surface area contributed by atoms with Crippen molar-refractivity contribution in [2.75, 3.05) is 46.9 Å². The molecule has 0 saturated carbocycles. The summed E-state index contributed by atoms with van der Waals surface area (Å²) in [4.78, 5) is 16.5. The van der Waals surface area contributed by atoms with Crippen molar-refractivity contribution >= 4 is 5.91 Å². The molecular weight excluding hydrogens is 230 g/mol. The maximum atomic E-state index is 12.4. The topological polar surface area (TPSA) is 58.8 Å². The molecule has 2 N–H and O–H groups in total. The van der Waals surface area contributed by atoms with Gasteiger partial charge >= 0.3 is 0 Å². The molecule has 1 unspecified atom stereocenters. The third kappa shape index (κ3) is 3.02. The van der Waals surface area contributed by atoms with E-state index < -0.39 is 5.54 Å². The molecule has 2 aliphatic rings. The number of carbonyl (C=O) groups is 1. The second-order valence-electron chi connectivity index (χ2n) is 5.96. The zero-order chi connectivity index (χ0) is 13.2.